The van der Waals surface area contributed by atoms with Crippen molar-refractivity contribution in [3.63, 3.8) is 0 Å². The Morgan fingerprint density at radius 1 is 1.19 bits per heavy atom. The number of anilines is 1. The zero-order chi connectivity index (χ0) is 14.8. The molecule has 0 saturated heterocycles. The molecule has 0 spiro atoms. The summed E-state index contributed by atoms with van der Waals surface area (Å²) in [6.07, 6.45) is 1.77. The van der Waals surface area contributed by atoms with Gasteiger partial charge in [0.1, 0.15) is 5.82 Å². The number of nitrogens with zero attached hydrogens (tertiary/aromatic N) is 1. The molecule has 2 nitrogen and oxygen atoms in total. The molecule has 21 heavy (non-hydrogen) atoms. The molecule has 1 aliphatic rings. The molecule has 0 unspecified atom stereocenters. The fourth-order valence-corrected chi connectivity index (χ4v) is 2.95. The van der Waals surface area contributed by atoms with Gasteiger partial charge in [0.25, 0.3) is 0 Å². The minimum absolute atomic E-state index is 0.127. The number of halogens is 2. The predicted octanol–water partition coefficient (Wildman–Crippen LogP) is 4.71. The van der Waals surface area contributed by atoms with Crippen molar-refractivity contribution in [3.05, 3.63) is 64.4 Å². The molecule has 106 valence electrons. The summed E-state index contributed by atoms with van der Waals surface area (Å²) in [6, 6.07) is 14.5. The number of hydrogen-bond donors (Lipinski definition) is 1. The van der Waals surface area contributed by atoms with E-state index in [2.05, 4.69) is 11.4 Å². The lowest BCUT2D eigenvalue weighted by Crippen LogP contribution is -2.34. The lowest BCUT2D eigenvalue weighted by atomic mass is 9.75. The Balaban J connectivity index is 1.63. The van der Waals surface area contributed by atoms with Gasteiger partial charge < -0.3 is 5.32 Å². The summed E-state index contributed by atoms with van der Waals surface area (Å²) in [7, 11) is 0. The SMILES string of the molecule is N#Cc1ccc(NC2CC(c3ccccc3F)C2)c(Cl)c1. The molecule has 1 saturated carbocycles. The van der Waals surface area contributed by atoms with Gasteiger partial charge in [-0.2, -0.15) is 5.26 Å². The van der Waals surface area contributed by atoms with Gasteiger partial charge >= 0.3 is 0 Å². The highest BCUT2D eigenvalue weighted by Gasteiger charge is 2.32. The number of rotatable bonds is 3. The highest BCUT2D eigenvalue weighted by molar-refractivity contribution is 6.33. The third-order valence-electron chi connectivity index (χ3n) is 3.94. The molecule has 0 amide bonds. The van der Waals surface area contributed by atoms with Crippen LogP contribution in [-0.2, 0) is 0 Å². The van der Waals surface area contributed by atoms with Crippen molar-refractivity contribution in [3.8, 4) is 6.07 Å². The van der Waals surface area contributed by atoms with Crippen LogP contribution < -0.4 is 5.32 Å². The Bertz CT molecular complexity index is 702. The van der Waals surface area contributed by atoms with E-state index in [1.807, 2.05) is 18.2 Å². The zero-order valence-electron chi connectivity index (χ0n) is 11.3. The lowest BCUT2D eigenvalue weighted by molar-refractivity contribution is 0.363. The molecule has 0 bridgehead atoms. The van der Waals surface area contributed by atoms with Gasteiger partial charge in [0.05, 0.1) is 22.3 Å². The third-order valence-corrected chi connectivity index (χ3v) is 4.25. The summed E-state index contributed by atoms with van der Waals surface area (Å²) in [6.45, 7) is 0. The highest BCUT2D eigenvalue weighted by Crippen LogP contribution is 2.40. The van der Waals surface area contributed by atoms with Crippen LogP contribution in [0.3, 0.4) is 0 Å². The van der Waals surface area contributed by atoms with Gasteiger partial charge in [0.15, 0.2) is 0 Å². The molecule has 4 heteroatoms. The molecular weight excluding hydrogens is 287 g/mol. The molecule has 1 N–H and O–H groups in total. The minimum atomic E-state index is -0.127. The lowest BCUT2D eigenvalue weighted by Gasteiger charge is -2.37. The van der Waals surface area contributed by atoms with Crippen LogP contribution in [0.25, 0.3) is 0 Å². The fourth-order valence-electron chi connectivity index (χ4n) is 2.72. The number of benzene rings is 2. The summed E-state index contributed by atoms with van der Waals surface area (Å²) >= 11 is 6.14. The van der Waals surface area contributed by atoms with E-state index in [-0.39, 0.29) is 11.7 Å². The van der Waals surface area contributed by atoms with Crippen LogP contribution in [-0.4, -0.2) is 6.04 Å². The highest BCUT2D eigenvalue weighted by atomic mass is 35.5. The monoisotopic (exact) mass is 300 g/mol. The number of nitrogens with one attached hydrogen (secondary N) is 1. The molecular formula is C17H14ClFN2. The summed E-state index contributed by atoms with van der Waals surface area (Å²) in [5, 5.41) is 12.7. The molecule has 2 aromatic carbocycles. The second kappa shape index (κ2) is 5.75. The predicted molar refractivity (Wildman–Crippen MR) is 82.0 cm³/mol. The van der Waals surface area contributed by atoms with E-state index >= 15 is 0 Å². The van der Waals surface area contributed by atoms with Crippen LogP contribution in [0, 0.1) is 17.1 Å². The Hall–Kier alpha value is -2.05. The van der Waals surface area contributed by atoms with Gasteiger partial charge in [-0.25, -0.2) is 4.39 Å². The van der Waals surface area contributed by atoms with Gasteiger partial charge in [-0.15, -0.1) is 0 Å². The van der Waals surface area contributed by atoms with E-state index in [0.717, 1.165) is 24.1 Å². The van der Waals surface area contributed by atoms with Crippen molar-refractivity contribution in [2.45, 2.75) is 24.8 Å². The summed E-state index contributed by atoms with van der Waals surface area (Å²) in [5.41, 5.74) is 2.16. The van der Waals surface area contributed by atoms with Crippen LogP contribution in [0.1, 0.15) is 29.9 Å². The van der Waals surface area contributed by atoms with Crippen molar-refractivity contribution < 1.29 is 4.39 Å². The molecule has 0 aliphatic heterocycles. The van der Waals surface area contributed by atoms with Crippen molar-refractivity contribution >= 4 is 17.3 Å². The quantitative estimate of drug-likeness (QED) is 0.891. The van der Waals surface area contributed by atoms with E-state index in [1.54, 1.807) is 18.2 Å². The van der Waals surface area contributed by atoms with Gasteiger partial charge in [-0.3, -0.25) is 0 Å². The van der Waals surface area contributed by atoms with Gasteiger partial charge in [0, 0.05) is 6.04 Å². The van der Waals surface area contributed by atoms with Crippen molar-refractivity contribution in [1.82, 2.24) is 0 Å². The first-order chi connectivity index (χ1) is 10.2. The van der Waals surface area contributed by atoms with E-state index in [0.29, 0.717) is 16.6 Å². The summed E-state index contributed by atoms with van der Waals surface area (Å²) in [4.78, 5) is 0. The largest absolute Gasteiger partial charge is 0.381 e. The van der Waals surface area contributed by atoms with Crippen molar-refractivity contribution in [2.75, 3.05) is 5.32 Å². The average molecular weight is 301 g/mol. The smallest absolute Gasteiger partial charge is 0.126 e. The maximum atomic E-state index is 13.7. The third kappa shape index (κ3) is 2.86. The van der Waals surface area contributed by atoms with Crippen LogP contribution in [0.4, 0.5) is 10.1 Å². The molecule has 0 radical (unpaired) electrons. The van der Waals surface area contributed by atoms with Gasteiger partial charge in [-0.1, -0.05) is 29.8 Å². The molecule has 2 aromatic rings. The molecule has 1 aliphatic carbocycles. The average Bonchev–Trinajstić information content (AvgIpc) is 2.45. The van der Waals surface area contributed by atoms with E-state index in [9.17, 15) is 4.39 Å². The second-order valence-corrected chi connectivity index (χ2v) is 5.74. The normalized spacial score (nSPS) is 20.4. The summed E-state index contributed by atoms with van der Waals surface area (Å²) < 4.78 is 13.7. The molecule has 0 aromatic heterocycles. The molecule has 0 atom stereocenters. The Kier molecular flexibility index (Phi) is 3.81. The van der Waals surface area contributed by atoms with Crippen LogP contribution >= 0.6 is 11.6 Å². The van der Waals surface area contributed by atoms with Crippen LogP contribution in [0.5, 0.6) is 0 Å². The second-order valence-electron chi connectivity index (χ2n) is 5.34. The zero-order valence-corrected chi connectivity index (χ0v) is 12.1. The van der Waals surface area contributed by atoms with Gasteiger partial charge in [-0.05, 0) is 48.6 Å². The molecule has 3 rings (SSSR count). The van der Waals surface area contributed by atoms with Crippen molar-refractivity contribution in [1.29, 1.82) is 5.26 Å². The maximum Gasteiger partial charge on any atom is 0.126 e. The Morgan fingerprint density at radius 2 is 1.95 bits per heavy atom. The maximum absolute atomic E-state index is 13.7. The number of hydrogen-bond acceptors (Lipinski definition) is 2. The first kappa shape index (κ1) is 13.9. The van der Waals surface area contributed by atoms with E-state index in [4.69, 9.17) is 16.9 Å². The van der Waals surface area contributed by atoms with Crippen LogP contribution in [0.2, 0.25) is 5.02 Å². The van der Waals surface area contributed by atoms with E-state index in [1.165, 1.54) is 6.07 Å². The Labute approximate surface area is 128 Å². The summed E-state index contributed by atoms with van der Waals surface area (Å²) in [5.74, 6) is 0.137. The first-order valence-electron chi connectivity index (χ1n) is 6.88. The first-order valence-corrected chi connectivity index (χ1v) is 7.26. The number of nitriles is 1. The van der Waals surface area contributed by atoms with Gasteiger partial charge in [0.2, 0.25) is 0 Å². The van der Waals surface area contributed by atoms with E-state index < -0.39 is 0 Å². The molecule has 1 fully saturated rings. The topological polar surface area (TPSA) is 35.8 Å². The Morgan fingerprint density at radius 3 is 2.62 bits per heavy atom. The minimum Gasteiger partial charge on any atom is -0.381 e. The fraction of sp³-hybridized carbons (Fsp3) is 0.235. The van der Waals surface area contributed by atoms with Crippen LogP contribution in [0.15, 0.2) is 42.5 Å². The standard InChI is InChI=1S/C17H14ClFN2/c18-15-7-11(10-20)5-6-17(15)21-13-8-12(9-13)14-3-1-2-4-16(14)19/h1-7,12-13,21H,8-9H2. The molecule has 0 heterocycles. The van der Waals surface area contributed by atoms with Crippen molar-refractivity contribution in [2.24, 2.45) is 0 Å².